The van der Waals surface area contributed by atoms with Crippen molar-refractivity contribution in [2.45, 2.75) is 355 Å². The van der Waals surface area contributed by atoms with Crippen LogP contribution in [-0.2, 0) is 20.4 Å². The average Bonchev–Trinajstić information content (AvgIpc) is 3.43. The first-order valence-electron chi connectivity index (χ1n) is 33.9. The third kappa shape index (κ3) is 45.8. The summed E-state index contributed by atoms with van der Waals surface area (Å²) in [5.74, 6) is 0. The van der Waals surface area contributed by atoms with Gasteiger partial charge in [-0.05, 0) is 80.3 Å². The van der Waals surface area contributed by atoms with Crippen molar-refractivity contribution in [2.24, 2.45) is 9.98 Å². The van der Waals surface area contributed by atoms with E-state index in [4.69, 9.17) is 9.98 Å². The molecule has 2 nitrogen and oxygen atoms in total. The molecule has 0 saturated carbocycles. The zero-order chi connectivity index (χ0) is 53.4. The topological polar surface area (TPSA) is 24.7 Å². The molecule has 0 heterocycles. The standard InChI is InChI=1S/C73H126N2.Pd/c1-5-9-12-14-16-18-20-22-24-26-28-30-32-34-36-38-40-42-44-46-48-50-52-55-57-68-60-64-70(65-61-68)74-72(8-4)73(59-54-11-7-3)75-71-66-62-69(63-67-71)58-56-53-51-49-47-45-43-41-39-37-35-33-31-29-27-25-23-21-19-17-15-13-10-6-2;/h55-58,60-67H,5-54,59H2,1-4H3;. The molecule has 0 spiro atoms. The summed E-state index contributed by atoms with van der Waals surface area (Å²) >= 11 is 0. The Balaban J connectivity index is 0.0000289. The molecule has 3 heteroatoms. The van der Waals surface area contributed by atoms with Crippen molar-refractivity contribution in [3.05, 3.63) is 71.8 Å². The zero-order valence-electron chi connectivity index (χ0n) is 51.2. The fraction of sp³-hybridized carbons (Fsp3) is 0.753. The van der Waals surface area contributed by atoms with Gasteiger partial charge in [-0.2, -0.15) is 0 Å². The molecule has 0 saturated heterocycles. The molecule has 0 fully saturated rings. The largest absolute Gasteiger partial charge is 0.252 e. The molecule has 2 rings (SSSR count). The molecule has 0 amide bonds. The van der Waals surface area contributed by atoms with E-state index in [9.17, 15) is 0 Å². The average molecular weight is 1140 g/mol. The van der Waals surface area contributed by atoms with Crippen molar-refractivity contribution in [3.8, 4) is 0 Å². The molecule has 2 aromatic rings. The maximum absolute atomic E-state index is 5.22. The summed E-state index contributed by atoms with van der Waals surface area (Å²) in [5, 5.41) is 0. The molecule has 0 aliphatic rings. The zero-order valence-corrected chi connectivity index (χ0v) is 52.8. The van der Waals surface area contributed by atoms with Crippen LogP contribution < -0.4 is 0 Å². The number of nitrogens with zero attached hydrogens (tertiary/aromatic N) is 2. The van der Waals surface area contributed by atoms with Gasteiger partial charge in [-0.25, -0.2) is 0 Å². The number of benzene rings is 2. The number of rotatable bonds is 56. The fourth-order valence-corrected chi connectivity index (χ4v) is 11.0. The van der Waals surface area contributed by atoms with Gasteiger partial charge in [0.15, 0.2) is 0 Å². The van der Waals surface area contributed by atoms with Crippen molar-refractivity contribution in [1.82, 2.24) is 0 Å². The second-order valence-electron chi connectivity index (χ2n) is 23.3. The molecule has 0 aliphatic carbocycles. The van der Waals surface area contributed by atoms with Gasteiger partial charge in [0.05, 0.1) is 22.8 Å². The van der Waals surface area contributed by atoms with Crippen LogP contribution in [0.25, 0.3) is 12.2 Å². The van der Waals surface area contributed by atoms with Crippen molar-refractivity contribution in [2.75, 3.05) is 0 Å². The predicted octanol–water partition coefficient (Wildman–Crippen LogP) is 26.5. The van der Waals surface area contributed by atoms with E-state index in [1.807, 2.05) is 0 Å². The summed E-state index contributed by atoms with van der Waals surface area (Å²) in [6.07, 6.45) is 80.5. The smallest absolute Gasteiger partial charge is 0.0634 e. The Morgan fingerprint density at radius 1 is 0.276 bits per heavy atom. The Hall–Kier alpha value is -2.08. The number of hydrogen-bond acceptors (Lipinski definition) is 2. The summed E-state index contributed by atoms with van der Waals surface area (Å²) in [6, 6.07) is 17.7. The van der Waals surface area contributed by atoms with Crippen molar-refractivity contribution >= 4 is 35.0 Å². The normalized spacial score (nSPS) is 12.2. The van der Waals surface area contributed by atoms with Gasteiger partial charge in [0.2, 0.25) is 0 Å². The first-order valence-corrected chi connectivity index (χ1v) is 33.9. The van der Waals surface area contributed by atoms with Crippen molar-refractivity contribution in [1.29, 1.82) is 0 Å². The van der Waals surface area contributed by atoms with Crippen LogP contribution in [0.3, 0.4) is 0 Å². The number of aliphatic imine (C=N–C) groups is 2. The molecule has 76 heavy (non-hydrogen) atoms. The van der Waals surface area contributed by atoms with Gasteiger partial charge in [0.1, 0.15) is 0 Å². The Morgan fingerprint density at radius 2 is 0.500 bits per heavy atom. The van der Waals surface area contributed by atoms with Crippen LogP contribution in [0, 0.1) is 0 Å². The molecule has 0 bridgehead atoms. The molecule has 0 N–H and O–H groups in total. The molecular formula is C73H126N2Pd. The minimum atomic E-state index is 0. The molecule has 0 radical (unpaired) electrons. The van der Waals surface area contributed by atoms with Crippen molar-refractivity contribution < 1.29 is 20.4 Å². The summed E-state index contributed by atoms with van der Waals surface area (Å²) in [6.45, 7) is 9.12. The van der Waals surface area contributed by atoms with E-state index >= 15 is 0 Å². The second-order valence-corrected chi connectivity index (χ2v) is 23.3. The maximum atomic E-state index is 5.22. The van der Waals surface area contributed by atoms with Crippen LogP contribution in [0.4, 0.5) is 11.4 Å². The summed E-state index contributed by atoms with van der Waals surface area (Å²) in [5.41, 5.74) is 6.85. The van der Waals surface area contributed by atoms with E-state index in [0.29, 0.717) is 0 Å². The van der Waals surface area contributed by atoms with E-state index in [0.717, 1.165) is 42.1 Å². The van der Waals surface area contributed by atoms with Gasteiger partial charge in [0.25, 0.3) is 0 Å². The summed E-state index contributed by atoms with van der Waals surface area (Å²) in [7, 11) is 0. The van der Waals surface area contributed by atoms with Gasteiger partial charge in [0, 0.05) is 20.4 Å². The molecule has 0 aromatic heterocycles. The van der Waals surface area contributed by atoms with Gasteiger partial charge in [-0.3, -0.25) is 9.98 Å². The first-order chi connectivity index (χ1) is 37.2. The number of hydrogen-bond donors (Lipinski definition) is 0. The third-order valence-electron chi connectivity index (χ3n) is 16.1. The van der Waals surface area contributed by atoms with Crippen LogP contribution in [0.15, 0.2) is 70.7 Å². The maximum Gasteiger partial charge on any atom is 0.0634 e. The predicted molar refractivity (Wildman–Crippen MR) is 343 cm³/mol. The van der Waals surface area contributed by atoms with Crippen molar-refractivity contribution in [3.63, 3.8) is 0 Å². The van der Waals surface area contributed by atoms with Gasteiger partial charge < -0.3 is 0 Å². The van der Waals surface area contributed by atoms with Crippen LogP contribution >= 0.6 is 0 Å². The fourth-order valence-electron chi connectivity index (χ4n) is 11.0. The minimum absolute atomic E-state index is 0. The van der Waals surface area contributed by atoms with Crippen LogP contribution in [0.5, 0.6) is 0 Å². The Bertz CT molecular complexity index is 1600. The molecular weight excluding hydrogens is 1010 g/mol. The summed E-state index contributed by atoms with van der Waals surface area (Å²) in [4.78, 5) is 10.4. The number of allylic oxidation sites excluding steroid dienone is 2. The Morgan fingerprint density at radius 3 is 0.750 bits per heavy atom. The molecule has 0 atom stereocenters. The SMILES string of the molecule is CCCCCCCCCCCCCCCCCCCCCCCCC=Cc1ccc(N=C(CC)C(CCCCC)=Nc2ccc(C=CCCCCCCCCCCCCCCCCCCCCCCCC)cc2)cc1.[Pd]. The van der Waals surface area contributed by atoms with E-state index < -0.39 is 0 Å². The van der Waals surface area contributed by atoms with Gasteiger partial charge in [-0.1, -0.05) is 359 Å². The first kappa shape index (κ1) is 71.9. The van der Waals surface area contributed by atoms with E-state index in [2.05, 4.69) is 101 Å². The van der Waals surface area contributed by atoms with Gasteiger partial charge in [-0.15, -0.1) is 0 Å². The van der Waals surface area contributed by atoms with Crippen LogP contribution in [0.2, 0.25) is 0 Å². The number of unbranched alkanes of at least 4 members (excludes halogenated alkanes) is 46. The molecule has 438 valence electrons. The summed E-state index contributed by atoms with van der Waals surface area (Å²) < 4.78 is 0. The minimum Gasteiger partial charge on any atom is -0.252 e. The van der Waals surface area contributed by atoms with Crippen LogP contribution in [-0.4, -0.2) is 11.4 Å². The van der Waals surface area contributed by atoms with E-state index in [-0.39, 0.29) is 20.4 Å². The molecule has 2 aromatic carbocycles. The molecule has 0 unspecified atom stereocenters. The van der Waals surface area contributed by atoms with E-state index in [1.165, 1.54) is 319 Å². The second kappa shape index (κ2) is 57.6. The molecule has 0 aliphatic heterocycles. The Kier molecular flexibility index (Phi) is 54.5. The third-order valence-corrected chi connectivity index (χ3v) is 16.1. The van der Waals surface area contributed by atoms with Gasteiger partial charge >= 0.3 is 0 Å². The monoisotopic (exact) mass is 1140 g/mol. The van der Waals surface area contributed by atoms with E-state index in [1.54, 1.807) is 0 Å². The quantitative estimate of drug-likeness (QED) is 0.0358. The van der Waals surface area contributed by atoms with Crippen LogP contribution in [0.1, 0.15) is 366 Å². The Labute approximate surface area is 489 Å².